The van der Waals surface area contributed by atoms with Crippen LogP contribution in [0.4, 0.5) is 0 Å². The minimum atomic E-state index is -0.258. The number of alkyl halides is 2. The molecule has 4 nitrogen and oxygen atoms in total. The highest BCUT2D eigenvalue weighted by molar-refractivity contribution is 9.09. The summed E-state index contributed by atoms with van der Waals surface area (Å²) in [6.07, 6.45) is 2.23. The van der Waals surface area contributed by atoms with Gasteiger partial charge in [0, 0.05) is 22.5 Å². The Morgan fingerprint density at radius 1 is 0.889 bits per heavy atom. The largest absolute Gasteiger partial charge is 0.462 e. The van der Waals surface area contributed by atoms with Crippen LogP contribution >= 0.6 is 31.9 Å². The van der Waals surface area contributed by atoms with Gasteiger partial charge in [-0.15, -0.1) is 0 Å². The smallest absolute Gasteiger partial charge is 0.305 e. The van der Waals surface area contributed by atoms with Crippen molar-refractivity contribution < 1.29 is 19.1 Å². The highest BCUT2D eigenvalue weighted by Gasteiger charge is 2.07. The van der Waals surface area contributed by atoms with Gasteiger partial charge in [-0.3, -0.25) is 9.59 Å². The molecule has 2 atom stereocenters. The molecular weight excluding hydrogens is 368 g/mol. The second kappa shape index (κ2) is 10.8. The summed E-state index contributed by atoms with van der Waals surface area (Å²) < 4.78 is 9.84. The Morgan fingerprint density at radius 2 is 1.22 bits per heavy atom. The molecule has 0 aromatic carbocycles. The molecule has 0 saturated heterocycles. The van der Waals surface area contributed by atoms with Crippen LogP contribution in [0, 0.1) is 0 Å². The van der Waals surface area contributed by atoms with E-state index in [1.165, 1.54) is 0 Å². The highest BCUT2D eigenvalue weighted by atomic mass is 79.9. The molecule has 0 saturated carbocycles. The van der Waals surface area contributed by atoms with Crippen molar-refractivity contribution in [2.24, 2.45) is 0 Å². The number of carbonyl (C=O) groups is 2. The van der Waals surface area contributed by atoms with Gasteiger partial charge in [-0.05, 0) is 12.8 Å². The summed E-state index contributed by atoms with van der Waals surface area (Å²) in [6, 6.07) is 0. The zero-order valence-corrected chi connectivity index (χ0v) is 14.0. The monoisotopic (exact) mass is 386 g/mol. The fourth-order valence-corrected chi connectivity index (χ4v) is 1.55. The SMILES string of the molecule is CC(Br)CCC(=O)OCCOC(=O)CCC(C)Br. The molecule has 0 aliphatic heterocycles. The quantitative estimate of drug-likeness (QED) is 0.346. The standard InChI is InChI=1S/C12H20Br2O4/c1-9(13)3-5-11(15)17-7-8-18-12(16)6-4-10(2)14/h9-10H,3-8H2,1-2H3. The minimum Gasteiger partial charge on any atom is -0.462 e. The number of rotatable bonds is 9. The van der Waals surface area contributed by atoms with Crippen molar-refractivity contribution in [1.82, 2.24) is 0 Å². The Hall–Kier alpha value is -0.100. The first-order valence-corrected chi connectivity index (χ1v) is 7.84. The van der Waals surface area contributed by atoms with Crippen molar-refractivity contribution in [1.29, 1.82) is 0 Å². The van der Waals surface area contributed by atoms with Gasteiger partial charge >= 0.3 is 11.9 Å². The zero-order valence-electron chi connectivity index (χ0n) is 10.8. The molecule has 0 rings (SSSR count). The normalized spacial score (nSPS) is 13.8. The van der Waals surface area contributed by atoms with Crippen LogP contribution in [0.15, 0.2) is 0 Å². The van der Waals surface area contributed by atoms with Gasteiger partial charge in [-0.25, -0.2) is 0 Å². The van der Waals surface area contributed by atoms with Gasteiger partial charge in [0.25, 0.3) is 0 Å². The van der Waals surface area contributed by atoms with E-state index in [0.29, 0.717) is 22.5 Å². The fraction of sp³-hybridized carbons (Fsp3) is 0.833. The minimum absolute atomic E-state index is 0.130. The summed E-state index contributed by atoms with van der Waals surface area (Å²) in [5.74, 6) is -0.516. The lowest BCUT2D eigenvalue weighted by atomic mass is 10.2. The van der Waals surface area contributed by atoms with E-state index in [1.807, 2.05) is 13.8 Å². The molecule has 0 aliphatic rings. The molecule has 0 heterocycles. The van der Waals surface area contributed by atoms with Crippen LogP contribution in [0.2, 0.25) is 0 Å². The van der Waals surface area contributed by atoms with E-state index in [1.54, 1.807) is 0 Å². The molecule has 0 amide bonds. The van der Waals surface area contributed by atoms with Gasteiger partial charge in [0.1, 0.15) is 13.2 Å². The van der Waals surface area contributed by atoms with E-state index in [0.717, 1.165) is 12.8 Å². The van der Waals surface area contributed by atoms with Gasteiger partial charge in [-0.1, -0.05) is 45.7 Å². The lowest BCUT2D eigenvalue weighted by Crippen LogP contribution is -2.14. The lowest BCUT2D eigenvalue weighted by molar-refractivity contribution is -0.152. The molecule has 106 valence electrons. The molecule has 0 fully saturated rings. The topological polar surface area (TPSA) is 52.6 Å². The maximum absolute atomic E-state index is 11.2. The predicted octanol–water partition coefficient (Wildman–Crippen LogP) is 3.20. The Balaban J connectivity index is 3.44. The molecule has 0 aromatic rings. The molecule has 0 N–H and O–H groups in total. The number of hydrogen-bond donors (Lipinski definition) is 0. The van der Waals surface area contributed by atoms with Crippen LogP contribution in [0.5, 0.6) is 0 Å². The second-order valence-electron chi connectivity index (χ2n) is 4.08. The van der Waals surface area contributed by atoms with Gasteiger partial charge in [0.05, 0.1) is 0 Å². The van der Waals surface area contributed by atoms with E-state index in [4.69, 9.17) is 9.47 Å². The Morgan fingerprint density at radius 3 is 1.50 bits per heavy atom. The highest BCUT2D eigenvalue weighted by Crippen LogP contribution is 2.08. The fourth-order valence-electron chi connectivity index (χ4n) is 1.09. The summed E-state index contributed by atoms with van der Waals surface area (Å²) in [4.78, 5) is 23.0. The number of hydrogen-bond acceptors (Lipinski definition) is 4. The van der Waals surface area contributed by atoms with Crippen molar-refractivity contribution in [2.45, 2.75) is 49.2 Å². The molecular formula is C12H20Br2O4. The van der Waals surface area contributed by atoms with Crippen molar-refractivity contribution in [3.63, 3.8) is 0 Å². The third-order valence-corrected chi connectivity index (χ3v) is 3.02. The van der Waals surface area contributed by atoms with Gasteiger partial charge in [0.2, 0.25) is 0 Å². The average molecular weight is 388 g/mol. The van der Waals surface area contributed by atoms with Crippen LogP contribution in [-0.4, -0.2) is 34.8 Å². The van der Waals surface area contributed by atoms with Crippen LogP contribution < -0.4 is 0 Å². The first-order valence-electron chi connectivity index (χ1n) is 6.01. The number of ether oxygens (including phenoxy) is 2. The molecule has 0 bridgehead atoms. The van der Waals surface area contributed by atoms with E-state index in [-0.39, 0.29) is 25.2 Å². The van der Waals surface area contributed by atoms with Crippen LogP contribution in [0.25, 0.3) is 0 Å². The maximum Gasteiger partial charge on any atom is 0.305 e. The number of carbonyl (C=O) groups excluding carboxylic acids is 2. The summed E-state index contributed by atoms with van der Waals surface area (Å²) in [5.41, 5.74) is 0. The number of esters is 2. The predicted molar refractivity (Wildman–Crippen MR) is 77.2 cm³/mol. The molecule has 0 aliphatic carbocycles. The van der Waals surface area contributed by atoms with Crippen molar-refractivity contribution in [2.75, 3.05) is 13.2 Å². The van der Waals surface area contributed by atoms with Gasteiger partial charge in [-0.2, -0.15) is 0 Å². The third-order valence-electron chi connectivity index (χ3n) is 2.10. The lowest BCUT2D eigenvalue weighted by Gasteiger charge is -2.07. The van der Waals surface area contributed by atoms with Crippen LogP contribution in [-0.2, 0) is 19.1 Å². The third kappa shape index (κ3) is 12.4. The summed E-state index contributed by atoms with van der Waals surface area (Å²) in [6.45, 7) is 4.20. The number of halogens is 2. The Kier molecular flexibility index (Phi) is 10.7. The molecule has 18 heavy (non-hydrogen) atoms. The van der Waals surface area contributed by atoms with E-state index < -0.39 is 0 Å². The van der Waals surface area contributed by atoms with Gasteiger partial charge < -0.3 is 9.47 Å². The molecule has 0 radical (unpaired) electrons. The molecule has 2 unspecified atom stereocenters. The van der Waals surface area contributed by atoms with Crippen LogP contribution in [0.3, 0.4) is 0 Å². The summed E-state index contributed by atoms with van der Waals surface area (Å²) in [7, 11) is 0. The second-order valence-corrected chi connectivity index (χ2v) is 7.21. The first kappa shape index (κ1) is 17.9. The molecule has 0 spiro atoms. The van der Waals surface area contributed by atoms with E-state index >= 15 is 0 Å². The Bertz CT molecular complexity index is 228. The van der Waals surface area contributed by atoms with Crippen molar-refractivity contribution >= 4 is 43.8 Å². The van der Waals surface area contributed by atoms with E-state index in [2.05, 4.69) is 31.9 Å². The average Bonchev–Trinajstić information content (AvgIpc) is 2.29. The molecule has 0 aromatic heterocycles. The van der Waals surface area contributed by atoms with Crippen LogP contribution in [0.1, 0.15) is 39.5 Å². The maximum atomic E-state index is 11.2. The first-order chi connectivity index (χ1) is 8.41. The van der Waals surface area contributed by atoms with E-state index in [9.17, 15) is 9.59 Å². The van der Waals surface area contributed by atoms with Crippen molar-refractivity contribution in [3.05, 3.63) is 0 Å². The molecule has 6 heteroatoms. The zero-order chi connectivity index (χ0) is 14.0. The summed E-state index contributed by atoms with van der Waals surface area (Å²) >= 11 is 6.70. The van der Waals surface area contributed by atoms with Crippen molar-refractivity contribution in [3.8, 4) is 0 Å². The Labute approximate surface area is 125 Å². The summed E-state index contributed by atoms with van der Waals surface area (Å²) in [5, 5.41) is 0. The van der Waals surface area contributed by atoms with Gasteiger partial charge in [0.15, 0.2) is 0 Å².